The summed E-state index contributed by atoms with van der Waals surface area (Å²) < 4.78 is 6.74. The average Bonchev–Trinajstić information content (AvgIpc) is 2.59. The first kappa shape index (κ1) is 21.0. The van der Waals surface area contributed by atoms with Gasteiger partial charge in [0.25, 0.3) is 0 Å². The van der Waals surface area contributed by atoms with Gasteiger partial charge in [0.1, 0.15) is 5.75 Å². The highest BCUT2D eigenvalue weighted by atomic mass is 79.9. The molecule has 1 unspecified atom stereocenters. The number of carbonyl (C=O) groups is 1. The lowest BCUT2D eigenvalue weighted by atomic mass is 9.99. The molecule has 0 aliphatic carbocycles. The van der Waals surface area contributed by atoms with E-state index in [-0.39, 0.29) is 5.91 Å². The molecule has 0 saturated heterocycles. The van der Waals surface area contributed by atoms with E-state index in [2.05, 4.69) is 54.2 Å². The second-order valence-electron chi connectivity index (χ2n) is 6.29. The number of amides is 1. The summed E-state index contributed by atoms with van der Waals surface area (Å²) in [6, 6.07) is 6.15. The van der Waals surface area contributed by atoms with Crippen molar-refractivity contribution in [2.45, 2.75) is 65.7 Å². The maximum Gasteiger partial charge on any atom is 0.220 e. The number of hydrogen-bond donors (Lipinski definition) is 1. The maximum atomic E-state index is 11.9. The lowest BCUT2D eigenvalue weighted by Crippen LogP contribution is -2.29. The Morgan fingerprint density at radius 1 is 1.25 bits per heavy atom. The molecule has 0 fully saturated rings. The number of halogens is 1. The van der Waals surface area contributed by atoms with Gasteiger partial charge in [-0.15, -0.1) is 0 Å². The molecule has 3 nitrogen and oxygen atoms in total. The molecule has 136 valence electrons. The molecule has 1 rings (SSSR count). The van der Waals surface area contributed by atoms with Crippen LogP contribution in [-0.4, -0.2) is 19.1 Å². The van der Waals surface area contributed by atoms with Crippen LogP contribution in [0.15, 0.2) is 22.7 Å². The number of aryl methyl sites for hydroxylation is 1. The van der Waals surface area contributed by atoms with E-state index in [4.69, 9.17) is 4.74 Å². The van der Waals surface area contributed by atoms with Gasteiger partial charge in [-0.3, -0.25) is 4.79 Å². The first-order valence-corrected chi connectivity index (χ1v) is 10.1. The molecule has 0 saturated carbocycles. The standard InChI is InChI=1S/C20H32BrNO2/c1-4-7-9-17(6-3)15-22-20(23)10-8-13-24-19-12-11-16(5-2)14-18(19)21/h11-12,14,17H,4-10,13,15H2,1-3H3,(H,22,23). The minimum absolute atomic E-state index is 0.133. The number of hydrogen-bond acceptors (Lipinski definition) is 2. The molecule has 0 heterocycles. The molecule has 1 aromatic carbocycles. The molecule has 0 aromatic heterocycles. The van der Waals surface area contributed by atoms with E-state index in [1.54, 1.807) is 0 Å². The predicted molar refractivity (Wildman–Crippen MR) is 105 cm³/mol. The van der Waals surface area contributed by atoms with Crippen molar-refractivity contribution in [1.82, 2.24) is 5.32 Å². The molecular formula is C20H32BrNO2. The Morgan fingerprint density at radius 3 is 2.67 bits per heavy atom. The van der Waals surface area contributed by atoms with Gasteiger partial charge in [-0.1, -0.05) is 46.1 Å². The molecular weight excluding hydrogens is 366 g/mol. The van der Waals surface area contributed by atoms with Gasteiger partial charge >= 0.3 is 0 Å². The first-order valence-electron chi connectivity index (χ1n) is 9.28. The molecule has 1 aromatic rings. The number of carbonyl (C=O) groups excluding carboxylic acids is 1. The van der Waals surface area contributed by atoms with Crippen LogP contribution in [0.1, 0.15) is 64.9 Å². The predicted octanol–water partition coefficient (Wildman–Crippen LogP) is 5.50. The minimum Gasteiger partial charge on any atom is -0.492 e. The number of benzene rings is 1. The van der Waals surface area contributed by atoms with Gasteiger partial charge in [0.05, 0.1) is 11.1 Å². The van der Waals surface area contributed by atoms with E-state index in [1.807, 2.05) is 6.07 Å². The van der Waals surface area contributed by atoms with E-state index in [1.165, 1.54) is 24.8 Å². The molecule has 4 heteroatoms. The Hall–Kier alpha value is -1.03. The number of ether oxygens (including phenoxy) is 1. The van der Waals surface area contributed by atoms with E-state index >= 15 is 0 Å². The topological polar surface area (TPSA) is 38.3 Å². The van der Waals surface area contributed by atoms with Gasteiger partial charge in [-0.2, -0.15) is 0 Å². The third kappa shape index (κ3) is 8.18. The Balaban J connectivity index is 2.21. The van der Waals surface area contributed by atoms with Crippen molar-refractivity contribution < 1.29 is 9.53 Å². The van der Waals surface area contributed by atoms with Crippen molar-refractivity contribution in [3.05, 3.63) is 28.2 Å². The number of nitrogens with one attached hydrogen (secondary N) is 1. The van der Waals surface area contributed by atoms with Crippen LogP contribution >= 0.6 is 15.9 Å². The third-order valence-corrected chi connectivity index (χ3v) is 4.96. The summed E-state index contributed by atoms with van der Waals surface area (Å²) >= 11 is 3.53. The van der Waals surface area contributed by atoms with Gasteiger partial charge in [-0.05, 0) is 58.8 Å². The van der Waals surface area contributed by atoms with Crippen molar-refractivity contribution in [3.8, 4) is 5.75 Å². The second kappa shape index (κ2) is 12.3. The van der Waals surface area contributed by atoms with Crippen molar-refractivity contribution in [2.24, 2.45) is 5.92 Å². The monoisotopic (exact) mass is 397 g/mol. The zero-order valence-corrected chi connectivity index (χ0v) is 17.0. The van der Waals surface area contributed by atoms with Crippen LogP contribution in [0.3, 0.4) is 0 Å². The molecule has 24 heavy (non-hydrogen) atoms. The highest BCUT2D eigenvalue weighted by molar-refractivity contribution is 9.10. The van der Waals surface area contributed by atoms with Crippen molar-refractivity contribution in [3.63, 3.8) is 0 Å². The second-order valence-corrected chi connectivity index (χ2v) is 7.15. The van der Waals surface area contributed by atoms with Crippen molar-refractivity contribution >= 4 is 21.8 Å². The molecule has 0 aliphatic rings. The Morgan fingerprint density at radius 2 is 2.04 bits per heavy atom. The Kier molecular flexibility index (Phi) is 10.8. The van der Waals surface area contributed by atoms with Crippen molar-refractivity contribution in [1.29, 1.82) is 0 Å². The summed E-state index contributed by atoms with van der Waals surface area (Å²) in [6.45, 7) is 7.90. The summed E-state index contributed by atoms with van der Waals surface area (Å²) in [6.07, 6.45) is 7.07. The minimum atomic E-state index is 0.133. The lowest BCUT2D eigenvalue weighted by Gasteiger charge is -2.15. The summed E-state index contributed by atoms with van der Waals surface area (Å²) in [5, 5.41) is 3.06. The van der Waals surface area contributed by atoms with E-state index in [0.29, 0.717) is 18.9 Å². The highest BCUT2D eigenvalue weighted by Gasteiger charge is 2.08. The first-order chi connectivity index (χ1) is 11.6. The van der Waals surface area contributed by atoms with E-state index < -0.39 is 0 Å². The summed E-state index contributed by atoms with van der Waals surface area (Å²) in [5.41, 5.74) is 1.28. The van der Waals surface area contributed by atoms with Crippen LogP contribution in [0, 0.1) is 5.92 Å². The van der Waals surface area contributed by atoms with Gasteiger partial charge in [-0.25, -0.2) is 0 Å². The molecule has 0 spiro atoms. The SMILES string of the molecule is CCCCC(CC)CNC(=O)CCCOc1ccc(CC)cc1Br. The fraction of sp³-hybridized carbons (Fsp3) is 0.650. The normalized spacial score (nSPS) is 12.0. The van der Waals surface area contributed by atoms with Crippen LogP contribution in [0.25, 0.3) is 0 Å². The van der Waals surface area contributed by atoms with Crippen molar-refractivity contribution in [2.75, 3.05) is 13.2 Å². The Bertz CT molecular complexity index is 491. The number of unbranched alkanes of at least 4 members (excludes halogenated alkanes) is 1. The fourth-order valence-electron chi connectivity index (χ4n) is 2.59. The zero-order valence-electron chi connectivity index (χ0n) is 15.4. The third-order valence-electron chi connectivity index (χ3n) is 4.34. The van der Waals surface area contributed by atoms with Crippen LogP contribution in [-0.2, 0) is 11.2 Å². The van der Waals surface area contributed by atoms with Crippen LogP contribution in [0.4, 0.5) is 0 Å². The molecule has 1 N–H and O–H groups in total. The van der Waals surface area contributed by atoms with Gasteiger partial charge in [0.15, 0.2) is 0 Å². The lowest BCUT2D eigenvalue weighted by molar-refractivity contribution is -0.121. The Labute approximate surface area is 155 Å². The van der Waals surface area contributed by atoms with Gasteiger partial charge in [0, 0.05) is 13.0 Å². The fourth-order valence-corrected chi connectivity index (χ4v) is 3.13. The van der Waals surface area contributed by atoms with Crippen LogP contribution < -0.4 is 10.1 Å². The maximum absolute atomic E-state index is 11.9. The zero-order chi connectivity index (χ0) is 17.8. The van der Waals surface area contributed by atoms with Crippen LogP contribution in [0.5, 0.6) is 5.75 Å². The molecule has 0 bridgehead atoms. The van der Waals surface area contributed by atoms with Gasteiger partial charge in [0.2, 0.25) is 5.91 Å². The molecule has 1 atom stereocenters. The smallest absolute Gasteiger partial charge is 0.220 e. The largest absolute Gasteiger partial charge is 0.492 e. The van der Waals surface area contributed by atoms with E-state index in [0.717, 1.165) is 36.0 Å². The summed E-state index contributed by atoms with van der Waals surface area (Å²) in [4.78, 5) is 11.9. The molecule has 0 radical (unpaired) electrons. The molecule has 0 aliphatic heterocycles. The van der Waals surface area contributed by atoms with Crippen LogP contribution in [0.2, 0.25) is 0 Å². The summed E-state index contributed by atoms with van der Waals surface area (Å²) in [5.74, 6) is 1.59. The molecule has 1 amide bonds. The quantitative estimate of drug-likeness (QED) is 0.472. The highest BCUT2D eigenvalue weighted by Crippen LogP contribution is 2.26. The van der Waals surface area contributed by atoms with E-state index in [9.17, 15) is 4.79 Å². The average molecular weight is 398 g/mol. The summed E-state index contributed by atoms with van der Waals surface area (Å²) in [7, 11) is 0. The number of rotatable bonds is 12. The van der Waals surface area contributed by atoms with Gasteiger partial charge < -0.3 is 10.1 Å².